The first kappa shape index (κ1) is 16.7. The second kappa shape index (κ2) is 6.62. The number of nitrogens with two attached hydrogens (primary N) is 1. The number of halogens is 2. The Hall–Kier alpha value is -0.660. The molecule has 0 spiro atoms. The van der Waals surface area contributed by atoms with Crippen molar-refractivity contribution in [3.8, 4) is 0 Å². The van der Waals surface area contributed by atoms with Crippen molar-refractivity contribution >= 4 is 31.6 Å². The molecule has 0 unspecified atom stereocenters. The Balaban J connectivity index is 2.22. The molecule has 4 nitrogen and oxygen atoms in total. The summed E-state index contributed by atoms with van der Waals surface area (Å²) in [4.78, 5) is -0.336. The lowest BCUT2D eigenvalue weighted by Crippen LogP contribution is -2.38. The van der Waals surface area contributed by atoms with Crippen LogP contribution in [0.15, 0.2) is 21.5 Å². The summed E-state index contributed by atoms with van der Waals surface area (Å²) < 4.78 is 40.8. The van der Waals surface area contributed by atoms with Gasteiger partial charge in [-0.05, 0) is 46.8 Å². The Morgan fingerprint density at radius 1 is 1.38 bits per heavy atom. The third-order valence-electron chi connectivity index (χ3n) is 3.94. The highest BCUT2D eigenvalue weighted by molar-refractivity contribution is 9.10. The lowest BCUT2D eigenvalue weighted by atomic mass is 9.94. The van der Waals surface area contributed by atoms with Crippen molar-refractivity contribution in [3.63, 3.8) is 0 Å². The predicted molar refractivity (Wildman–Crippen MR) is 84.9 cm³/mol. The van der Waals surface area contributed by atoms with Crippen molar-refractivity contribution in [2.24, 2.45) is 5.92 Å². The van der Waals surface area contributed by atoms with Gasteiger partial charge < -0.3 is 5.73 Å². The molecular formula is C14H20BrFN2O2S. The molecule has 0 aliphatic carbocycles. The van der Waals surface area contributed by atoms with E-state index in [1.165, 1.54) is 10.4 Å². The highest BCUT2D eigenvalue weighted by atomic mass is 79.9. The quantitative estimate of drug-likeness (QED) is 0.816. The van der Waals surface area contributed by atoms with Crippen molar-refractivity contribution in [2.45, 2.75) is 37.5 Å². The van der Waals surface area contributed by atoms with E-state index in [0.29, 0.717) is 23.5 Å². The second-order valence-electron chi connectivity index (χ2n) is 5.44. The second-order valence-corrected chi connectivity index (χ2v) is 8.20. The molecule has 1 fully saturated rings. The van der Waals surface area contributed by atoms with Crippen LogP contribution in [0.1, 0.15) is 32.6 Å². The number of hydrogen-bond donors (Lipinski definition) is 1. The fraction of sp³-hybridized carbons (Fsp3) is 0.571. The van der Waals surface area contributed by atoms with Crippen molar-refractivity contribution in [1.82, 2.24) is 4.31 Å². The van der Waals surface area contributed by atoms with Gasteiger partial charge in [0.15, 0.2) is 0 Å². The number of benzene rings is 1. The Morgan fingerprint density at radius 3 is 2.57 bits per heavy atom. The standard InChI is InChI=1S/C14H20BrFN2O2S/c1-2-3-10-4-6-18(7-5-10)21(19,20)14-9-13(17)11(15)8-12(14)16/h8-10H,2-7,17H2,1H3. The number of hydrogen-bond acceptors (Lipinski definition) is 3. The summed E-state index contributed by atoms with van der Waals surface area (Å²) in [5.74, 6) is -0.201. The minimum Gasteiger partial charge on any atom is -0.398 e. The van der Waals surface area contributed by atoms with E-state index in [2.05, 4.69) is 22.9 Å². The van der Waals surface area contributed by atoms with Gasteiger partial charge in [-0.3, -0.25) is 0 Å². The summed E-state index contributed by atoms with van der Waals surface area (Å²) in [5, 5.41) is 0. The van der Waals surface area contributed by atoms with Crippen LogP contribution in [-0.2, 0) is 10.0 Å². The molecule has 1 aliphatic rings. The number of sulfonamides is 1. The Bertz CT molecular complexity index is 614. The normalized spacial score (nSPS) is 18.0. The minimum absolute atomic E-state index is 0.218. The monoisotopic (exact) mass is 378 g/mol. The molecule has 2 rings (SSSR count). The van der Waals surface area contributed by atoms with Gasteiger partial charge in [-0.1, -0.05) is 19.8 Å². The van der Waals surface area contributed by atoms with Crippen LogP contribution in [0, 0.1) is 11.7 Å². The summed E-state index contributed by atoms with van der Waals surface area (Å²) in [7, 11) is -3.81. The highest BCUT2D eigenvalue weighted by Crippen LogP contribution is 2.30. The molecule has 1 aliphatic heterocycles. The molecule has 7 heteroatoms. The third kappa shape index (κ3) is 3.57. The predicted octanol–water partition coefficient (Wildman–Crippen LogP) is 3.37. The lowest BCUT2D eigenvalue weighted by molar-refractivity contribution is 0.262. The van der Waals surface area contributed by atoms with Crippen molar-refractivity contribution in [1.29, 1.82) is 0 Å². The first-order valence-electron chi connectivity index (χ1n) is 7.11. The molecule has 0 aromatic heterocycles. The van der Waals surface area contributed by atoms with Gasteiger partial charge in [-0.25, -0.2) is 12.8 Å². The Kier molecular flexibility index (Phi) is 5.27. The Morgan fingerprint density at radius 2 is 2.00 bits per heavy atom. The van der Waals surface area contributed by atoms with Crippen molar-refractivity contribution in [3.05, 3.63) is 22.4 Å². The van der Waals surface area contributed by atoms with E-state index in [9.17, 15) is 12.8 Å². The van der Waals surface area contributed by atoms with Crippen molar-refractivity contribution in [2.75, 3.05) is 18.8 Å². The van der Waals surface area contributed by atoms with Crippen LogP contribution < -0.4 is 5.73 Å². The van der Waals surface area contributed by atoms with E-state index >= 15 is 0 Å². The van der Waals surface area contributed by atoms with E-state index < -0.39 is 15.8 Å². The molecule has 0 saturated carbocycles. The van der Waals surface area contributed by atoms with Gasteiger partial charge in [0.2, 0.25) is 10.0 Å². The molecule has 1 aromatic carbocycles. The van der Waals surface area contributed by atoms with Crippen molar-refractivity contribution < 1.29 is 12.8 Å². The largest absolute Gasteiger partial charge is 0.398 e. The molecule has 0 radical (unpaired) electrons. The molecule has 0 bridgehead atoms. The maximum atomic E-state index is 14.0. The summed E-state index contributed by atoms with van der Waals surface area (Å²) in [6.07, 6.45) is 3.89. The van der Waals surface area contributed by atoms with E-state index in [0.717, 1.165) is 31.7 Å². The molecular weight excluding hydrogens is 359 g/mol. The summed E-state index contributed by atoms with van der Waals surface area (Å²) >= 11 is 3.09. The number of anilines is 1. The summed E-state index contributed by atoms with van der Waals surface area (Å²) in [6, 6.07) is 2.29. The molecule has 1 aromatic rings. The molecule has 2 N–H and O–H groups in total. The maximum absolute atomic E-state index is 14.0. The molecule has 0 amide bonds. The van der Waals surface area contributed by atoms with E-state index in [1.54, 1.807) is 0 Å². The average Bonchev–Trinajstić information content (AvgIpc) is 2.43. The lowest BCUT2D eigenvalue weighted by Gasteiger charge is -2.31. The zero-order valence-electron chi connectivity index (χ0n) is 12.0. The van der Waals surface area contributed by atoms with Crippen LogP contribution >= 0.6 is 15.9 Å². The molecule has 0 atom stereocenters. The van der Waals surface area contributed by atoms with Crippen LogP contribution in [0.4, 0.5) is 10.1 Å². The number of rotatable bonds is 4. The van der Waals surface area contributed by atoms with E-state index in [1.807, 2.05) is 0 Å². The van der Waals surface area contributed by atoms with Crippen LogP contribution in [0.25, 0.3) is 0 Å². The molecule has 1 heterocycles. The van der Waals surface area contributed by atoms with Crippen LogP contribution in [0.5, 0.6) is 0 Å². The number of piperidine rings is 1. The van der Waals surface area contributed by atoms with Gasteiger partial charge in [0, 0.05) is 23.2 Å². The fourth-order valence-electron chi connectivity index (χ4n) is 2.73. The van der Waals surface area contributed by atoms with Gasteiger partial charge in [0.1, 0.15) is 10.7 Å². The van der Waals surface area contributed by atoms with Crippen LogP contribution in [-0.4, -0.2) is 25.8 Å². The van der Waals surface area contributed by atoms with Gasteiger partial charge in [-0.15, -0.1) is 0 Å². The fourth-order valence-corrected chi connectivity index (χ4v) is 4.59. The molecule has 1 saturated heterocycles. The Labute approximate surface area is 133 Å². The van der Waals surface area contributed by atoms with Gasteiger partial charge in [-0.2, -0.15) is 4.31 Å². The zero-order chi connectivity index (χ0) is 15.6. The number of nitrogens with zero attached hydrogens (tertiary/aromatic N) is 1. The van der Waals surface area contributed by atoms with Gasteiger partial charge in [0.05, 0.1) is 0 Å². The first-order valence-corrected chi connectivity index (χ1v) is 9.34. The van der Waals surface area contributed by atoms with Crippen LogP contribution in [0.3, 0.4) is 0 Å². The highest BCUT2D eigenvalue weighted by Gasteiger charge is 2.31. The minimum atomic E-state index is -3.81. The SMILES string of the molecule is CCCC1CCN(S(=O)(=O)c2cc(N)c(Br)cc2F)CC1. The molecule has 21 heavy (non-hydrogen) atoms. The summed E-state index contributed by atoms with van der Waals surface area (Å²) in [5.41, 5.74) is 5.90. The molecule has 118 valence electrons. The van der Waals surface area contributed by atoms with E-state index in [4.69, 9.17) is 5.73 Å². The first-order chi connectivity index (χ1) is 9.86. The zero-order valence-corrected chi connectivity index (χ0v) is 14.4. The number of nitrogen functional groups attached to an aromatic ring is 1. The van der Waals surface area contributed by atoms with Gasteiger partial charge >= 0.3 is 0 Å². The van der Waals surface area contributed by atoms with Gasteiger partial charge in [0.25, 0.3) is 0 Å². The third-order valence-corrected chi connectivity index (χ3v) is 6.54. The average molecular weight is 379 g/mol. The maximum Gasteiger partial charge on any atom is 0.246 e. The smallest absolute Gasteiger partial charge is 0.246 e. The topological polar surface area (TPSA) is 63.4 Å². The van der Waals surface area contributed by atoms with E-state index in [-0.39, 0.29) is 10.6 Å². The van der Waals surface area contributed by atoms with Crippen LogP contribution in [0.2, 0.25) is 0 Å². The summed E-state index contributed by atoms with van der Waals surface area (Å²) in [6.45, 7) is 3.02.